The third-order valence-electron chi connectivity index (χ3n) is 5.05. The molecule has 0 radical (unpaired) electrons. The van der Waals surface area contributed by atoms with E-state index in [0.717, 1.165) is 28.0 Å². The largest absolute Gasteiger partial charge is 0.481 e. The number of aromatic nitrogens is 2. The lowest BCUT2D eigenvalue weighted by Gasteiger charge is -2.23. The van der Waals surface area contributed by atoms with Crippen molar-refractivity contribution in [3.63, 3.8) is 0 Å². The maximum atomic E-state index is 12.9. The van der Waals surface area contributed by atoms with Crippen molar-refractivity contribution in [2.24, 2.45) is 0 Å². The summed E-state index contributed by atoms with van der Waals surface area (Å²) in [7, 11) is 1.71. The Labute approximate surface area is 177 Å². The Bertz CT molecular complexity index is 1030. The quantitative estimate of drug-likeness (QED) is 0.557. The Morgan fingerprint density at radius 2 is 1.87 bits per heavy atom. The summed E-state index contributed by atoms with van der Waals surface area (Å²) in [5.41, 5.74) is 4.16. The highest BCUT2D eigenvalue weighted by Crippen LogP contribution is 2.28. The molecule has 0 bridgehead atoms. The first-order valence-corrected chi connectivity index (χ1v) is 10.2. The van der Waals surface area contributed by atoms with Gasteiger partial charge in [0.1, 0.15) is 5.75 Å². The number of carbonyl (C=O) groups excluding carboxylic acids is 1. The van der Waals surface area contributed by atoms with E-state index in [1.54, 1.807) is 18.9 Å². The van der Waals surface area contributed by atoms with Gasteiger partial charge in [-0.25, -0.2) is 0 Å². The zero-order valence-electron chi connectivity index (χ0n) is 18.5. The highest BCUT2D eigenvalue weighted by molar-refractivity contribution is 5.80. The van der Waals surface area contributed by atoms with Crippen molar-refractivity contribution < 1.29 is 14.1 Å². The van der Waals surface area contributed by atoms with Crippen LogP contribution in [0, 0.1) is 13.8 Å². The molecule has 0 unspecified atom stereocenters. The molecule has 2 aromatic carbocycles. The molecular formula is C24H29N3O3. The first-order valence-electron chi connectivity index (χ1n) is 10.2. The van der Waals surface area contributed by atoms with Crippen LogP contribution in [0.2, 0.25) is 0 Å². The number of hydrogen-bond acceptors (Lipinski definition) is 5. The van der Waals surface area contributed by atoms with Gasteiger partial charge in [0.25, 0.3) is 5.91 Å². The van der Waals surface area contributed by atoms with Crippen molar-refractivity contribution in [3.8, 4) is 17.1 Å². The minimum absolute atomic E-state index is 0.151. The Morgan fingerprint density at radius 1 is 1.13 bits per heavy atom. The van der Waals surface area contributed by atoms with Crippen molar-refractivity contribution in [2.75, 3.05) is 7.05 Å². The lowest BCUT2D eigenvalue weighted by molar-refractivity contribution is -0.137. The average molecular weight is 408 g/mol. The van der Waals surface area contributed by atoms with E-state index >= 15 is 0 Å². The summed E-state index contributed by atoms with van der Waals surface area (Å²) >= 11 is 0. The molecule has 0 saturated heterocycles. The molecule has 0 fully saturated rings. The maximum Gasteiger partial charge on any atom is 0.263 e. The number of rotatable bonds is 7. The normalized spacial score (nSPS) is 12.1. The van der Waals surface area contributed by atoms with Gasteiger partial charge < -0.3 is 14.2 Å². The number of likely N-dealkylation sites (N-methyl/N-ethyl adjacent to an activating group) is 1. The van der Waals surface area contributed by atoms with E-state index in [-0.39, 0.29) is 12.5 Å². The van der Waals surface area contributed by atoms with Gasteiger partial charge in [-0.1, -0.05) is 55.4 Å². The molecule has 0 N–H and O–H groups in total. The van der Waals surface area contributed by atoms with Crippen LogP contribution >= 0.6 is 0 Å². The molecule has 3 rings (SSSR count). The van der Waals surface area contributed by atoms with Crippen LogP contribution in [0.1, 0.15) is 49.3 Å². The van der Waals surface area contributed by atoms with Crippen LogP contribution in [-0.2, 0) is 11.3 Å². The Kier molecular flexibility index (Phi) is 6.55. The number of benzene rings is 2. The fourth-order valence-corrected chi connectivity index (χ4v) is 3.30. The number of amides is 1. The molecule has 0 saturated carbocycles. The van der Waals surface area contributed by atoms with Crippen LogP contribution in [0.3, 0.4) is 0 Å². The molecule has 1 atom stereocenters. The van der Waals surface area contributed by atoms with Gasteiger partial charge in [-0.15, -0.1) is 0 Å². The number of aryl methyl sites for hydroxylation is 2. The molecule has 6 nitrogen and oxygen atoms in total. The van der Waals surface area contributed by atoms with Crippen molar-refractivity contribution in [2.45, 2.75) is 53.2 Å². The third kappa shape index (κ3) is 4.87. The van der Waals surface area contributed by atoms with E-state index in [0.29, 0.717) is 17.6 Å². The van der Waals surface area contributed by atoms with Gasteiger partial charge in [0, 0.05) is 12.6 Å². The van der Waals surface area contributed by atoms with Crippen LogP contribution in [0.4, 0.5) is 0 Å². The van der Waals surface area contributed by atoms with E-state index in [4.69, 9.17) is 9.26 Å². The fraction of sp³-hybridized carbons (Fsp3) is 0.375. The second-order valence-electron chi connectivity index (χ2n) is 7.98. The molecule has 3 aromatic rings. The summed E-state index contributed by atoms with van der Waals surface area (Å²) in [6.45, 7) is 10.2. The van der Waals surface area contributed by atoms with Crippen LogP contribution in [0.25, 0.3) is 11.4 Å². The monoisotopic (exact) mass is 407 g/mol. The first kappa shape index (κ1) is 21.6. The predicted octanol–water partition coefficient (Wildman–Crippen LogP) is 4.90. The van der Waals surface area contributed by atoms with Gasteiger partial charge in [-0.05, 0) is 49.4 Å². The number of nitrogens with zero attached hydrogens (tertiary/aromatic N) is 3. The Balaban J connectivity index is 1.68. The second-order valence-corrected chi connectivity index (χ2v) is 7.98. The van der Waals surface area contributed by atoms with E-state index < -0.39 is 6.10 Å². The third-order valence-corrected chi connectivity index (χ3v) is 5.05. The topological polar surface area (TPSA) is 68.5 Å². The molecule has 1 amide bonds. The molecule has 1 aromatic heterocycles. The summed E-state index contributed by atoms with van der Waals surface area (Å²) in [5, 5.41) is 4.06. The molecular weight excluding hydrogens is 378 g/mol. The molecule has 158 valence electrons. The van der Waals surface area contributed by atoms with Gasteiger partial charge >= 0.3 is 0 Å². The number of carbonyl (C=O) groups is 1. The molecule has 6 heteroatoms. The van der Waals surface area contributed by atoms with Gasteiger partial charge in [0.15, 0.2) is 6.10 Å². The molecule has 1 heterocycles. The van der Waals surface area contributed by atoms with E-state index in [2.05, 4.69) is 36.1 Å². The number of ether oxygens (including phenoxy) is 1. The average Bonchev–Trinajstić information content (AvgIpc) is 3.15. The lowest BCUT2D eigenvalue weighted by Crippen LogP contribution is -2.37. The summed E-state index contributed by atoms with van der Waals surface area (Å²) in [6.07, 6.45) is -0.631. The van der Waals surface area contributed by atoms with Gasteiger partial charge in [-0.2, -0.15) is 4.98 Å². The second kappa shape index (κ2) is 9.11. The summed E-state index contributed by atoms with van der Waals surface area (Å²) in [5.74, 6) is 1.81. The van der Waals surface area contributed by atoms with Crippen molar-refractivity contribution >= 4 is 5.91 Å². The van der Waals surface area contributed by atoms with Crippen LogP contribution < -0.4 is 4.74 Å². The highest BCUT2D eigenvalue weighted by atomic mass is 16.5. The molecule has 0 spiro atoms. The fourth-order valence-electron chi connectivity index (χ4n) is 3.30. The van der Waals surface area contributed by atoms with Gasteiger partial charge in [0.05, 0.1) is 6.54 Å². The lowest BCUT2D eigenvalue weighted by atomic mass is 10.0. The SMILES string of the molecule is Cc1ccc(C(C)C)c(O[C@H](C)C(=O)N(C)Cc2nc(-c3ccccc3C)no2)c1. The van der Waals surface area contributed by atoms with Crippen LogP contribution in [0.15, 0.2) is 47.0 Å². The van der Waals surface area contributed by atoms with Gasteiger partial charge in [-0.3, -0.25) is 4.79 Å². The summed E-state index contributed by atoms with van der Waals surface area (Å²) in [6, 6.07) is 13.9. The Hall–Kier alpha value is -3.15. The predicted molar refractivity (Wildman–Crippen MR) is 116 cm³/mol. The van der Waals surface area contributed by atoms with Gasteiger partial charge in [0.2, 0.25) is 11.7 Å². The Morgan fingerprint density at radius 3 is 2.57 bits per heavy atom. The van der Waals surface area contributed by atoms with E-state index in [1.165, 1.54) is 0 Å². The molecule has 0 aliphatic rings. The standard InChI is InChI=1S/C24H29N3O3/c1-15(2)19-12-11-16(3)13-21(19)29-18(5)24(28)27(6)14-22-25-23(26-30-22)20-10-8-7-9-17(20)4/h7-13,15,18H,14H2,1-6H3/t18-/m1/s1. The first-order chi connectivity index (χ1) is 14.3. The van der Waals surface area contributed by atoms with Crippen LogP contribution in [0.5, 0.6) is 5.75 Å². The zero-order valence-corrected chi connectivity index (χ0v) is 18.5. The zero-order chi connectivity index (χ0) is 21.8. The van der Waals surface area contributed by atoms with Crippen LogP contribution in [-0.4, -0.2) is 34.1 Å². The summed E-state index contributed by atoms with van der Waals surface area (Å²) in [4.78, 5) is 18.8. The van der Waals surface area contributed by atoms with E-state index in [1.807, 2.05) is 44.2 Å². The highest BCUT2D eigenvalue weighted by Gasteiger charge is 2.23. The van der Waals surface area contributed by atoms with Crippen molar-refractivity contribution in [3.05, 3.63) is 65.0 Å². The smallest absolute Gasteiger partial charge is 0.263 e. The minimum Gasteiger partial charge on any atom is -0.481 e. The summed E-state index contributed by atoms with van der Waals surface area (Å²) < 4.78 is 11.4. The maximum absolute atomic E-state index is 12.9. The van der Waals surface area contributed by atoms with E-state index in [9.17, 15) is 4.79 Å². The molecule has 0 aliphatic carbocycles. The molecule has 30 heavy (non-hydrogen) atoms. The van der Waals surface area contributed by atoms with Crippen molar-refractivity contribution in [1.82, 2.24) is 15.0 Å². The molecule has 0 aliphatic heterocycles. The minimum atomic E-state index is -0.631. The van der Waals surface area contributed by atoms with Crippen molar-refractivity contribution in [1.29, 1.82) is 0 Å². The number of hydrogen-bond donors (Lipinski definition) is 0.